The van der Waals surface area contributed by atoms with E-state index >= 15 is 0 Å². The molecule has 1 saturated heterocycles. The van der Waals surface area contributed by atoms with Gasteiger partial charge in [0.05, 0.1) is 0 Å². The highest BCUT2D eigenvalue weighted by molar-refractivity contribution is 5.01. The van der Waals surface area contributed by atoms with Crippen molar-refractivity contribution < 1.29 is 0 Å². The first kappa shape index (κ1) is 8.81. The third kappa shape index (κ3) is 2.40. The lowest BCUT2D eigenvalue weighted by molar-refractivity contribution is 0.239. The highest BCUT2D eigenvalue weighted by atomic mass is 15.2. The van der Waals surface area contributed by atoms with Gasteiger partial charge in [0.2, 0.25) is 0 Å². The van der Waals surface area contributed by atoms with Crippen LogP contribution >= 0.6 is 0 Å². The van der Waals surface area contributed by atoms with Gasteiger partial charge in [0.25, 0.3) is 0 Å². The van der Waals surface area contributed by atoms with Crippen LogP contribution < -0.4 is 0 Å². The fourth-order valence-electron chi connectivity index (χ4n) is 1.25. The summed E-state index contributed by atoms with van der Waals surface area (Å²) in [5, 5.41) is 0. The van der Waals surface area contributed by atoms with Crippen LogP contribution in [0.4, 0.5) is 0 Å². The highest BCUT2D eigenvalue weighted by Gasteiger charge is 2.10. The predicted molar refractivity (Wildman–Crippen MR) is 50.0 cm³/mol. The first-order valence-electron chi connectivity index (χ1n) is 4.21. The summed E-state index contributed by atoms with van der Waals surface area (Å²) in [7, 11) is 0. The normalized spacial score (nSPS) is 15.8. The average molecular weight is 162 g/mol. The van der Waals surface area contributed by atoms with Crippen molar-refractivity contribution in [2.24, 2.45) is 0 Å². The Bertz CT molecular complexity index is 212. The van der Waals surface area contributed by atoms with E-state index in [0.717, 1.165) is 26.2 Å². The second-order valence-corrected chi connectivity index (χ2v) is 2.70. The molecule has 0 aromatic carbocycles. The summed E-state index contributed by atoms with van der Waals surface area (Å²) in [5.41, 5.74) is 0. The maximum atomic E-state index is 3.06. The molecule has 1 rings (SSSR count). The topological polar surface area (TPSA) is 6.48 Å². The first-order chi connectivity index (χ1) is 5.86. The molecule has 0 atom stereocenters. The predicted octanol–water partition coefficient (Wildman–Crippen LogP) is 0.566. The fourth-order valence-corrected chi connectivity index (χ4v) is 1.25. The van der Waals surface area contributed by atoms with Crippen LogP contribution in [-0.4, -0.2) is 36.0 Å². The van der Waals surface area contributed by atoms with Gasteiger partial charge in [-0.05, 0) is 13.8 Å². The van der Waals surface area contributed by atoms with E-state index in [1.54, 1.807) is 0 Å². The van der Waals surface area contributed by atoms with Gasteiger partial charge in [0.15, 0.2) is 0 Å². The molecule has 0 aromatic rings. The van der Waals surface area contributed by atoms with Gasteiger partial charge in [-0.25, -0.2) is 0 Å². The summed E-state index contributed by atoms with van der Waals surface area (Å²) < 4.78 is 0. The minimum atomic E-state index is 1.01. The molecule has 0 N–H and O–H groups in total. The van der Waals surface area contributed by atoms with Gasteiger partial charge in [-0.15, -0.1) is 0 Å². The largest absolute Gasteiger partial charge is 0.329 e. The maximum Gasteiger partial charge on any atom is 0.0444 e. The molecule has 0 bridgehead atoms. The van der Waals surface area contributed by atoms with Crippen LogP contribution in [0.15, 0.2) is 0 Å². The minimum Gasteiger partial charge on any atom is -0.329 e. The van der Waals surface area contributed by atoms with E-state index in [4.69, 9.17) is 0 Å². The molecule has 0 radical (unpaired) electrons. The lowest BCUT2D eigenvalue weighted by Crippen LogP contribution is -2.41. The summed E-state index contributed by atoms with van der Waals surface area (Å²) in [6.45, 7) is 7.78. The number of hydrogen-bond acceptors (Lipinski definition) is 2. The van der Waals surface area contributed by atoms with Crippen molar-refractivity contribution in [3.8, 4) is 23.9 Å². The van der Waals surface area contributed by atoms with Crippen molar-refractivity contribution in [1.82, 2.24) is 9.80 Å². The number of rotatable bonds is 0. The molecular formula is C10H14N2. The van der Waals surface area contributed by atoms with Crippen molar-refractivity contribution in [3.63, 3.8) is 0 Å². The Morgan fingerprint density at radius 3 is 1.33 bits per heavy atom. The zero-order valence-corrected chi connectivity index (χ0v) is 7.72. The molecule has 0 unspecified atom stereocenters. The van der Waals surface area contributed by atoms with Crippen molar-refractivity contribution in [2.45, 2.75) is 13.8 Å². The summed E-state index contributed by atoms with van der Waals surface area (Å²) in [4.78, 5) is 4.29. The molecule has 0 saturated carbocycles. The van der Waals surface area contributed by atoms with Gasteiger partial charge in [-0.3, -0.25) is 0 Å². The van der Waals surface area contributed by atoms with Crippen molar-refractivity contribution >= 4 is 0 Å². The lowest BCUT2D eigenvalue weighted by Gasteiger charge is -2.29. The highest BCUT2D eigenvalue weighted by Crippen LogP contribution is 1.97. The van der Waals surface area contributed by atoms with E-state index in [-0.39, 0.29) is 0 Å². The molecule has 0 spiro atoms. The molecule has 2 heteroatoms. The Morgan fingerprint density at radius 2 is 1.08 bits per heavy atom. The van der Waals surface area contributed by atoms with E-state index < -0.39 is 0 Å². The molecule has 2 nitrogen and oxygen atoms in total. The zero-order valence-electron chi connectivity index (χ0n) is 7.72. The Labute approximate surface area is 74.5 Å². The Balaban J connectivity index is 2.36. The summed E-state index contributed by atoms with van der Waals surface area (Å²) >= 11 is 0. The Hall–Kier alpha value is -1.28. The van der Waals surface area contributed by atoms with Crippen LogP contribution in [0.5, 0.6) is 0 Å². The molecule has 1 aliphatic heterocycles. The van der Waals surface area contributed by atoms with Crippen LogP contribution in [0.2, 0.25) is 0 Å². The first-order valence-corrected chi connectivity index (χ1v) is 4.21. The van der Waals surface area contributed by atoms with E-state index in [1.165, 1.54) is 0 Å². The standard InChI is InChI=1S/C10H14N2/c1-3-5-11-7-9-12(6-4-2)10-8-11/h7-10H2,1-2H3. The number of hydrogen-bond donors (Lipinski definition) is 0. The smallest absolute Gasteiger partial charge is 0.0444 e. The number of piperazine rings is 1. The van der Waals surface area contributed by atoms with Crippen molar-refractivity contribution in [2.75, 3.05) is 26.2 Å². The molecule has 1 aliphatic rings. The maximum absolute atomic E-state index is 3.06. The lowest BCUT2D eigenvalue weighted by atomic mass is 10.3. The molecule has 12 heavy (non-hydrogen) atoms. The van der Waals surface area contributed by atoms with Crippen molar-refractivity contribution in [3.05, 3.63) is 0 Å². The molecule has 64 valence electrons. The van der Waals surface area contributed by atoms with Gasteiger partial charge >= 0.3 is 0 Å². The SMILES string of the molecule is CC#CN1CCN(C#CC)CC1. The Kier molecular flexibility index (Phi) is 3.35. The van der Waals surface area contributed by atoms with Gasteiger partial charge in [0, 0.05) is 38.3 Å². The Morgan fingerprint density at radius 1 is 0.750 bits per heavy atom. The van der Waals surface area contributed by atoms with E-state index in [9.17, 15) is 0 Å². The second-order valence-electron chi connectivity index (χ2n) is 2.70. The van der Waals surface area contributed by atoms with Gasteiger partial charge < -0.3 is 9.80 Å². The van der Waals surface area contributed by atoms with Gasteiger partial charge in [-0.1, -0.05) is 11.8 Å². The fraction of sp³-hybridized carbons (Fsp3) is 0.600. The van der Waals surface area contributed by atoms with Crippen LogP contribution in [0.3, 0.4) is 0 Å². The molecule has 0 aliphatic carbocycles. The second kappa shape index (κ2) is 4.57. The zero-order chi connectivity index (χ0) is 8.81. The monoisotopic (exact) mass is 162 g/mol. The van der Waals surface area contributed by atoms with Crippen LogP contribution in [-0.2, 0) is 0 Å². The van der Waals surface area contributed by atoms with Gasteiger partial charge in [0.1, 0.15) is 0 Å². The van der Waals surface area contributed by atoms with E-state index in [1.807, 2.05) is 13.8 Å². The number of nitrogens with zero attached hydrogens (tertiary/aromatic N) is 2. The quantitative estimate of drug-likeness (QED) is 0.480. The summed E-state index contributed by atoms with van der Waals surface area (Å²) in [6, 6.07) is 6.11. The van der Waals surface area contributed by atoms with Crippen molar-refractivity contribution in [1.29, 1.82) is 0 Å². The molecule has 0 aromatic heterocycles. The van der Waals surface area contributed by atoms with Crippen LogP contribution in [0.25, 0.3) is 0 Å². The molecule has 0 amide bonds. The summed E-state index contributed by atoms with van der Waals surface area (Å²) in [6.07, 6.45) is 0. The van der Waals surface area contributed by atoms with Crippen LogP contribution in [0.1, 0.15) is 13.8 Å². The minimum absolute atomic E-state index is 1.01. The third-order valence-electron chi connectivity index (χ3n) is 1.82. The van der Waals surface area contributed by atoms with E-state index in [2.05, 4.69) is 33.7 Å². The van der Waals surface area contributed by atoms with Gasteiger partial charge in [-0.2, -0.15) is 0 Å². The average Bonchev–Trinajstić information content (AvgIpc) is 2.09. The third-order valence-corrected chi connectivity index (χ3v) is 1.82. The van der Waals surface area contributed by atoms with Crippen LogP contribution in [0, 0.1) is 23.9 Å². The summed E-state index contributed by atoms with van der Waals surface area (Å²) in [5.74, 6) is 5.81. The molecular weight excluding hydrogens is 148 g/mol. The molecule has 1 heterocycles. The van der Waals surface area contributed by atoms with E-state index in [0.29, 0.717) is 0 Å². The molecule has 1 fully saturated rings.